The second-order valence-electron chi connectivity index (χ2n) is 9.91. The van der Waals surface area contributed by atoms with Crippen LogP contribution < -0.4 is 0 Å². The maximum Gasteiger partial charge on any atom is 0.187 e. The number of hydrogen-bond acceptors (Lipinski definition) is 9. The highest BCUT2D eigenvalue weighted by Gasteiger charge is 2.59. The van der Waals surface area contributed by atoms with E-state index in [0.717, 1.165) is 18.4 Å². The van der Waals surface area contributed by atoms with Gasteiger partial charge in [-0.05, 0) is 48.3 Å². The molecule has 1 aliphatic heterocycles. The van der Waals surface area contributed by atoms with Crippen molar-refractivity contribution in [3.8, 4) is 5.75 Å². The lowest BCUT2D eigenvalue weighted by Crippen LogP contribution is -2.63. The van der Waals surface area contributed by atoms with E-state index in [1.54, 1.807) is 23.1 Å². The summed E-state index contributed by atoms with van der Waals surface area (Å²) < 4.78 is 14.0. The molecule has 0 radical (unpaired) electrons. The largest absolute Gasteiger partial charge is 0.506 e. The standard InChI is InChI=1S/C23H32ClN3O7/c1-22(2)6-5-14(7-13-3-4-15(24)16(29)8-13)23(22,10-27-12-25-11-26-27)34-21-20(32)19(31)18(30)17(9-28)33-21/h3-4,8,11-12,14,17-21,28-32H,5-7,9-10H2,1-2H3/t14-,17-,18-,19+,20-,21-,23+/m1/s1. The van der Waals surface area contributed by atoms with Gasteiger partial charge < -0.3 is 35.0 Å². The molecule has 0 unspecified atom stereocenters. The number of phenols is 1. The molecule has 0 amide bonds. The van der Waals surface area contributed by atoms with E-state index < -0.39 is 48.3 Å². The molecule has 2 fully saturated rings. The van der Waals surface area contributed by atoms with Crippen LogP contribution in [-0.2, 0) is 22.4 Å². The average Bonchev–Trinajstić information content (AvgIpc) is 3.39. The first-order valence-electron chi connectivity index (χ1n) is 11.4. The summed E-state index contributed by atoms with van der Waals surface area (Å²) in [7, 11) is 0. The van der Waals surface area contributed by atoms with Gasteiger partial charge in [0.1, 0.15) is 42.8 Å². The fourth-order valence-electron chi connectivity index (χ4n) is 5.33. The van der Waals surface area contributed by atoms with Crippen LogP contribution in [0.3, 0.4) is 0 Å². The van der Waals surface area contributed by atoms with Crippen molar-refractivity contribution in [3.05, 3.63) is 41.4 Å². The van der Waals surface area contributed by atoms with Crippen LogP contribution in [0.5, 0.6) is 5.75 Å². The van der Waals surface area contributed by atoms with E-state index >= 15 is 0 Å². The summed E-state index contributed by atoms with van der Waals surface area (Å²) >= 11 is 5.99. The van der Waals surface area contributed by atoms with Gasteiger partial charge in [-0.25, -0.2) is 4.98 Å². The van der Waals surface area contributed by atoms with Crippen LogP contribution in [-0.4, -0.2) is 83.2 Å². The second-order valence-corrected chi connectivity index (χ2v) is 10.3. The lowest BCUT2D eigenvalue weighted by Gasteiger charge is -2.50. The molecule has 10 nitrogen and oxygen atoms in total. The normalized spacial score (nSPS) is 35.5. The Morgan fingerprint density at radius 1 is 1.21 bits per heavy atom. The molecule has 5 N–H and O–H groups in total. The molecule has 1 saturated carbocycles. The first kappa shape index (κ1) is 25.3. The third-order valence-electron chi connectivity index (χ3n) is 7.45. The van der Waals surface area contributed by atoms with E-state index in [9.17, 15) is 25.5 Å². The van der Waals surface area contributed by atoms with Gasteiger partial charge in [-0.15, -0.1) is 0 Å². The molecule has 188 valence electrons. The summed E-state index contributed by atoms with van der Waals surface area (Å²) in [6, 6.07) is 5.12. The highest BCUT2D eigenvalue weighted by atomic mass is 35.5. The van der Waals surface area contributed by atoms with Gasteiger partial charge in [0.15, 0.2) is 6.29 Å². The number of nitrogens with zero attached hydrogens (tertiary/aromatic N) is 3. The number of hydrogen-bond donors (Lipinski definition) is 5. The fraction of sp³-hybridized carbons (Fsp3) is 0.652. The number of aliphatic hydroxyl groups is 4. The molecule has 2 aliphatic rings. The van der Waals surface area contributed by atoms with Crippen LogP contribution in [0.25, 0.3) is 0 Å². The van der Waals surface area contributed by atoms with Crippen LogP contribution in [0.15, 0.2) is 30.9 Å². The molecule has 34 heavy (non-hydrogen) atoms. The molecular formula is C23H32ClN3O7. The molecule has 1 aliphatic carbocycles. The van der Waals surface area contributed by atoms with E-state index in [1.165, 1.54) is 6.33 Å². The maximum atomic E-state index is 10.7. The Balaban J connectivity index is 1.71. The van der Waals surface area contributed by atoms with Gasteiger partial charge in [-0.1, -0.05) is 31.5 Å². The third-order valence-corrected chi connectivity index (χ3v) is 7.77. The molecule has 2 heterocycles. The summed E-state index contributed by atoms with van der Waals surface area (Å²) in [5.74, 6) is -0.104. The van der Waals surface area contributed by atoms with Crippen LogP contribution >= 0.6 is 11.6 Å². The summed E-state index contributed by atoms with van der Waals surface area (Å²) in [5, 5.41) is 55.5. The molecule has 4 rings (SSSR count). The van der Waals surface area contributed by atoms with Gasteiger partial charge >= 0.3 is 0 Å². The van der Waals surface area contributed by atoms with E-state index in [4.69, 9.17) is 21.1 Å². The fourth-order valence-corrected chi connectivity index (χ4v) is 5.45. The van der Waals surface area contributed by atoms with Gasteiger partial charge in [0.25, 0.3) is 0 Å². The minimum Gasteiger partial charge on any atom is -0.506 e. The Morgan fingerprint density at radius 2 is 1.97 bits per heavy atom. The van der Waals surface area contributed by atoms with Crippen molar-refractivity contribution in [1.82, 2.24) is 14.8 Å². The number of aromatic nitrogens is 3. The van der Waals surface area contributed by atoms with Crippen molar-refractivity contribution in [2.24, 2.45) is 11.3 Å². The van der Waals surface area contributed by atoms with Crippen LogP contribution in [0.2, 0.25) is 5.02 Å². The Hall–Kier alpha value is -1.79. The lowest BCUT2D eigenvalue weighted by molar-refractivity contribution is -0.344. The molecule has 2 aromatic rings. The number of aromatic hydroxyl groups is 1. The lowest BCUT2D eigenvalue weighted by atomic mass is 9.72. The monoisotopic (exact) mass is 497 g/mol. The minimum atomic E-state index is -1.55. The SMILES string of the molecule is CC1(C)CC[C@H](Cc2ccc(Cl)c(O)c2)[C@]1(Cn1cncn1)O[C@H]1O[C@H](CO)[C@@H](O)[C@H](O)[C@H]1O. The molecule has 1 aromatic carbocycles. The average molecular weight is 498 g/mol. The Kier molecular flexibility index (Phi) is 7.21. The van der Waals surface area contributed by atoms with Crippen LogP contribution in [0.1, 0.15) is 32.3 Å². The molecule has 11 heteroatoms. The zero-order chi connectivity index (χ0) is 24.7. The van der Waals surface area contributed by atoms with Crippen LogP contribution in [0, 0.1) is 11.3 Å². The molecule has 0 bridgehead atoms. The zero-order valence-corrected chi connectivity index (χ0v) is 19.9. The molecule has 7 atom stereocenters. The molecule has 0 spiro atoms. The Bertz CT molecular complexity index is 973. The van der Waals surface area contributed by atoms with Crippen molar-refractivity contribution in [2.45, 2.75) is 76.0 Å². The van der Waals surface area contributed by atoms with Crippen molar-refractivity contribution in [1.29, 1.82) is 0 Å². The maximum absolute atomic E-state index is 10.7. The third kappa shape index (κ3) is 4.56. The quantitative estimate of drug-likeness (QED) is 0.375. The Morgan fingerprint density at radius 3 is 2.62 bits per heavy atom. The first-order chi connectivity index (χ1) is 16.1. The van der Waals surface area contributed by atoms with Gasteiger partial charge in [0.2, 0.25) is 0 Å². The van der Waals surface area contributed by atoms with Gasteiger partial charge in [-0.2, -0.15) is 5.10 Å². The van der Waals surface area contributed by atoms with E-state index in [1.807, 2.05) is 6.07 Å². The van der Waals surface area contributed by atoms with Crippen molar-refractivity contribution in [2.75, 3.05) is 6.61 Å². The molecule has 1 aromatic heterocycles. The number of phenolic OH excluding ortho intramolecular Hbond substituents is 1. The van der Waals surface area contributed by atoms with Crippen molar-refractivity contribution >= 4 is 11.6 Å². The minimum absolute atomic E-state index is 0.00634. The van der Waals surface area contributed by atoms with E-state index in [-0.39, 0.29) is 16.7 Å². The smallest absolute Gasteiger partial charge is 0.187 e. The number of ether oxygens (including phenoxy) is 2. The van der Waals surface area contributed by atoms with E-state index in [0.29, 0.717) is 13.0 Å². The summed E-state index contributed by atoms with van der Waals surface area (Å²) in [6.07, 6.45) is -1.80. The number of aliphatic hydroxyl groups excluding tert-OH is 4. The zero-order valence-electron chi connectivity index (χ0n) is 19.2. The van der Waals surface area contributed by atoms with Crippen molar-refractivity contribution < 1.29 is 35.0 Å². The number of benzene rings is 1. The van der Waals surface area contributed by atoms with Gasteiger partial charge in [0.05, 0.1) is 23.8 Å². The number of halogens is 1. The summed E-state index contributed by atoms with van der Waals surface area (Å²) in [4.78, 5) is 4.04. The second kappa shape index (κ2) is 9.69. The predicted octanol–water partition coefficient (Wildman–Crippen LogP) is 0.871. The highest BCUT2D eigenvalue weighted by Crippen LogP contribution is 2.55. The van der Waals surface area contributed by atoms with Crippen molar-refractivity contribution in [3.63, 3.8) is 0 Å². The predicted molar refractivity (Wildman–Crippen MR) is 121 cm³/mol. The van der Waals surface area contributed by atoms with E-state index in [2.05, 4.69) is 23.9 Å². The Labute approximate surface area is 202 Å². The number of rotatable bonds is 7. The molecule has 1 saturated heterocycles. The summed E-state index contributed by atoms with van der Waals surface area (Å²) in [5.41, 5.74) is -0.495. The van der Waals surface area contributed by atoms with Gasteiger partial charge in [-0.3, -0.25) is 4.68 Å². The molecular weight excluding hydrogens is 466 g/mol. The summed E-state index contributed by atoms with van der Waals surface area (Å²) in [6.45, 7) is 3.87. The first-order valence-corrected chi connectivity index (χ1v) is 11.7. The highest BCUT2D eigenvalue weighted by molar-refractivity contribution is 6.32. The topological polar surface area (TPSA) is 150 Å². The van der Waals surface area contributed by atoms with Crippen LogP contribution in [0.4, 0.5) is 0 Å². The van der Waals surface area contributed by atoms with Gasteiger partial charge in [0, 0.05) is 0 Å².